The van der Waals surface area contributed by atoms with Crippen LogP contribution in [0, 0.1) is 23.7 Å². The number of hydrogen-bond acceptors (Lipinski definition) is 6. The van der Waals surface area contributed by atoms with Gasteiger partial charge in [-0.3, -0.25) is 29.0 Å². The summed E-state index contributed by atoms with van der Waals surface area (Å²) in [6, 6.07) is 7.22. The number of amides is 2. The highest BCUT2D eigenvalue weighted by Gasteiger charge is 2.58. The van der Waals surface area contributed by atoms with Crippen LogP contribution in [0.5, 0.6) is 0 Å². The van der Waals surface area contributed by atoms with Crippen LogP contribution in [0.25, 0.3) is 0 Å². The van der Waals surface area contributed by atoms with Gasteiger partial charge in [-0.2, -0.15) is 0 Å². The molecule has 6 aliphatic rings. The largest absolute Gasteiger partial charge is 0.331 e. The van der Waals surface area contributed by atoms with Gasteiger partial charge in [-0.05, 0) is 126 Å². The van der Waals surface area contributed by atoms with Crippen LogP contribution in [-0.4, -0.2) is 94.7 Å². The summed E-state index contributed by atoms with van der Waals surface area (Å²) in [6.45, 7) is 7.75. The summed E-state index contributed by atoms with van der Waals surface area (Å²) in [5.41, 5.74) is 5.88. The number of allylic oxidation sites excluding steroid dienone is 2. The molecule has 266 valence electrons. The topological polar surface area (TPSA) is 113 Å². The zero-order valence-electron chi connectivity index (χ0n) is 30.1. The van der Waals surface area contributed by atoms with Crippen molar-refractivity contribution in [3.63, 3.8) is 0 Å². The number of nitrogens with one attached hydrogen (secondary N) is 2. The first kappa shape index (κ1) is 33.4. The predicted octanol–water partition coefficient (Wildman–Crippen LogP) is 3.54. The number of likely N-dealkylation sites (tertiary alicyclic amines) is 2. The maximum Gasteiger partial charge on any atom is 0.248 e. The molecule has 2 aromatic rings. The Bertz CT molecular complexity index is 1760. The van der Waals surface area contributed by atoms with Crippen LogP contribution in [0.2, 0.25) is 0 Å². The Hall–Kier alpha value is -3.76. The number of piperidine rings is 2. The quantitative estimate of drug-likeness (QED) is 0.433. The van der Waals surface area contributed by atoms with E-state index in [0.717, 1.165) is 87.0 Å². The molecule has 0 spiro atoms. The third-order valence-corrected chi connectivity index (χ3v) is 13.2. The summed E-state index contributed by atoms with van der Waals surface area (Å²) in [4.78, 5) is 67.8. The predicted molar refractivity (Wildman–Crippen MR) is 192 cm³/mol. The summed E-state index contributed by atoms with van der Waals surface area (Å²) in [7, 11) is 4.00. The van der Waals surface area contributed by atoms with Gasteiger partial charge in [0.15, 0.2) is 0 Å². The zero-order valence-corrected chi connectivity index (χ0v) is 30.1. The van der Waals surface area contributed by atoms with E-state index in [9.17, 15) is 19.2 Å². The van der Waals surface area contributed by atoms with Gasteiger partial charge in [-0.1, -0.05) is 23.3 Å². The number of H-pyrrole nitrogens is 2. The van der Waals surface area contributed by atoms with Crippen LogP contribution < -0.4 is 11.1 Å². The van der Waals surface area contributed by atoms with E-state index < -0.39 is 11.1 Å². The Morgan fingerprint density at radius 3 is 1.56 bits per heavy atom. The lowest BCUT2D eigenvalue weighted by Crippen LogP contribution is -2.63. The van der Waals surface area contributed by atoms with Crippen molar-refractivity contribution in [1.82, 2.24) is 29.6 Å². The molecular weight excluding hydrogens is 628 g/mol. The molecule has 6 atom stereocenters. The molecule has 0 unspecified atom stereocenters. The Morgan fingerprint density at radius 2 is 1.14 bits per heavy atom. The molecule has 10 nitrogen and oxygen atoms in total. The summed E-state index contributed by atoms with van der Waals surface area (Å²) < 4.78 is 0. The van der Waals surface area contributed by atoms with Gasteiger partial charge >= 0.3 is 0 Å². The Morgan fingerprint density at radius 1 is 0.720 bits per heavy atom. The molecule has 2 amide bonds. The van der Waals surface area contributed by atoms with E-state index in [4.69, 9.17) is 0 Å². The number of likely N-dealkylation sites (N-methyl/N-ethyl adjacent to an activating group) is 2. The fraction of sp³-hybridized carbons (Fsp3) is 0.600. The average molecular weight is 681 g/mol. The number of nitrogens with zero attached hydrogens (tertiary/aromatic N) is 4. The third-order valence-electron chi connectivity index (χ3n) is 13.2. The smallest absolute Gasteiger partial charge is 0.248 e. The first-order valence-electron chi connectivity index (χ1n) is 18.8. The van der Waals surface area contributed by atoms with Crippen LogP contribution in [-0.2, 0) is 33.5 Å². The fourth-order valence-electron chi connectivity index (χ4n) is 11.5. The second-order valence-electron chi connectivity index (χ2n) is 16.5. The number of fused-ring (bicyclic) bond motifs is 2. The van der Waals surface area contributed by atoms with Crippen molar-refractivity contribution in [2.75, 3.05) is 53.4 Å². The SMILES string of the molecule is CC1=C[C@H]2Cc3[nH]c(=O)ccc3[C@@]3(C1)[C@@H]2CCCN3C(=O)CN(C)CCN(C)CC(=O)N1CCC[C@@H]2[C@H]3C=C(C)C[C@]21c1ccc(=O)[nH]c1C3. The molecule has 4 bridgehead atoms. The van der Waals surface area contributed by atoms with Crippen molar-refractivity contribution < 1.29 is 9.59 Å². The minimum Gasteiger partial charge on any atom is -0.331 e. The molecule has 2 saturated heterocycles. The molecule has 4 heterocycles. The molecule has 2 N–H and O–H groups in total. The maximum absolute atomic E-state index is 14.2. The Labute approximate surface area is 294 Å². The first-order chi connectivity index (χ1) is 24.0. The second-order valence-corrected chi connectivity index (χ2v) is 16.5. The second kappa shape index (κ2) is 12.5. The van der Waals surface area contributed by atoms with Gasteiger partial charge in [0.25, 0.3) is 0 Å². The molecule has 0 saturated carbocycles. The molecule has 10 heteroatoms. The number of aromatic nitrogens is 2. The molecule has 4 aliphatic carbocycles. The van der Waals surface area contributed by atoms with Crippen molar-refractivity contribution in [2.45, 2.75) is 76.3 Å². The highest BCUT2D eigenvalue weighted by atomic mass is 16.2. The molecule has 0 aromatic carbocycles. The van der Waals surface area contributed by atoms with Gasteiger partial charge in [0.05, 0.1) is 24.2 Å². The minimum atomic E-state index is -0.414. The lowest BCUT2D eigenvalue weighted by atomic mass is 9.56. The van der Waals surface area contributed by atoms with Gasteiger partial charge in [-0.15, -0.1) is 0 Å². The van der Waals surface area contributed by atoms with Crippen LogP contribution in [0.1, 0.15) is 74.9 Å². The van der Waals surface area contributed by atoms with Crippen molar-refractivity contribution in [3.05, 3.63) is 90.8 Å². The van der Waals surface area contributed by atoms with Crippen LogP contribution in [0.15, 0.2) is 57.2 Å². The lowest BCUT2D eigenvalue weighted by molar-refractivity contribution is -0.150. The van der Waals surface area contributed by atoms with E-state index in [0.29, 0.717) is 49.9 Å². The number of carbonyl (C=O) groups is 2. The highest BCUT2D eigenvalue weighted by molar-refractivity contribution is 5.81. The molecule has 8 rings (SSSR count). The number of pyridine rings is 2. The van der Waals surface area contributed by atoms with Gasteiger partial charge < -0.3 is 19.8 Å². The molecule has 50 heavy (non-hydrogen) atoms. The lowest BCUT2D eigenvalue weighted by Gasteiger charge is -2.59. The van der Waals surface area contributed by atoms with E-state index in [1.807, 2.05) is 26.2 Å². The van der Waals surface area contributed by atoms with Crippen LogP contribution in [0.3, 0.4) is 0 Å². The summed E-state index contributed by atoms with van der Waals surface area (Å²) in [6.07, 6.45) is 12.2. The summed E-state index contributed by atoms with van der Waals surface area (Å²) in [5, 5.41) is 0. The molecule has 0 radical (unpaired) electrons. The van der Waals surface area contributed by atoms with Gasteiger partial charge in [0.1, 0.15) is 0 Å². The Kier molecular flexibility index (Phi) is 8.33. The monoisotopic (exact) mass is 680 g/mol. The van der Waals surface area contributed by atoms with E-state index in [1.54, 1.807) is 12.1 Å². The third kappa shape index (κ3) is 5.27. The highest BCUT2D eigenvalue weighted by Crippen LogP contribution is 2.58. The summed E-state index contributed by atoms with van der Waals surface area (Å²) in [5.74, 6) is 1.62. The minimum absolute atomic E-state index is 0.0806. The number of rotatable bonds is 7. The molecule has 2 aromatic heterocycles. The molecular formula is C40H52N6O4. The number of carbonyl (C=O) groups excluding carboxylic acids is 2. The maximum atomic E-state index is 14.2. The van der Waals surface area contributed by atoms with E-state index >= 15 is 0 Å². The number of hydrogen-bond donors (Lipinski definition) is 2. The fourth-order valence-corrected chi connectivity index (χ4v) is 11.5. The van der Waals surface area contributed by atoms with Crippen LogP contribution >= 0.6 is 0 Å². The first-order valence-corrected chi connectivity index (χ1v) is 18.8. The van der Waals surface area contributed by atoms with Crippen molar-refractivity contribution >= 4 is 11.8 Å². The average Bonchev–Trinajstić information content (AvgIpc) is 3.05. The number of aromatic amines is 2. The van der Waals surface area contributed by atoms with E-state index in [2.05, 4.69) is 55.6 Å². The molecule has 2 aliphatic heterocycles. The van der Waals surface area contributed by atoms with E-state index in [-0.39, 0.29) is 22.9 Å². The van der Waals surface area contributed by atoms with Gasteiger partial charge in [0.2, 0.25) is 22.9 Å². The van der Waals surface area contributed by atoms with Crippen LogP contribution in [0.4, 0.5) is 0 Å². The normalized spacial score (nSPS) is 30.9. The van der Waals surface area contributed by atoms with Gasteiger partial charge in [0, 0.05) is 49.7 Å². The van der Waals surface area contributed by atoms with Gasteiger partial charge in [-0.25, -0.2) is 0 Å². The standard InChI is InChI=1S/C40H52N6O4/c1-25-17-27-19-33-31(9-11-35(47)41-33)39(21-25)29(27)7-5-13-45(39)37(49)23-43(3)15-16-44(4)24-38(50)46-14-6-8-30-28-18-26(2)22-40(30,46)32-10-12-36(48)42-34(32)20-28/h9-12,17-18,27-30H,5-8,13-16,19-24H2,1-4H3,(H,41,47)(H,42,48)/t27-,28-,29+,30+,39+,40+/m0/s1. The summed E-state index contributed by atoms with van der Waals surface area (Å²) >= 11 is 0. The molecule has 2 fully saturated rings. The Balaban J connectivity index is 0.949. The van der Waals surface area contributed by atoms with Crippen molar-refractivity contribution in [3.8, 4) is 0 Å². The van der Waals surface area contributed by atoms with Crippen molar-refractivity contribution in [1.29, 1.82) is 0 Å². The van der Waals surface area contributed by atoms with Crippen molar-refractivity contribution in [2.24, 2.45) is 23.7 Å². The van der Waals surface area contributed by atoms with E-state index in [1.165, 1.54) is 11.1 Å². The zero-order chi connectivity index (χ0) is 34.9.